The van der Waals surface area contributed by atoms with Crippen molar-refractivity contribution in [3.8, 4) is 0 Å². The lowest BCUT2D eigenvalue weighted by atomic mass is 10.1. The van der Waals surface area contributed by atoms with Gasteiger partial charge in [0.05, 0.1) is 18.6 Å². The van der Waals surface area contributed by atoms with Gasteiger partial charge in [0.1, 0.15) is 5.69 Å². The molecule has 1 amide bonds. The summed E-state index contributed by atoms with van der Waals surface area (Å²) in [6.45, 7) is 2.00. The number of benzene rings is 1. The number of imidazole rings is 1. The van der Waals surface area contributed by atoms with Crippen molar-refractivity contribution < 1.29 is 4.79 Å². The molecular weight excluding hydrogens is 216 g/mol. The Kier molecular flexibility index (Phi) is 3.20. The molecule has 2 rings (SSSR count). The summed E-state index contributed by atoms with van der Waals surface area (Å²) in [7, 11) is 0. The van der Waals surface area contributed by atoms with E-state index in [-0.39, 0.29) is 11.9 Å². The number of rotatable bonds is 3. The Morgan fingerprint density at radius 2 is 2.12 bits per heavy atom. The van der Waals surface area contributed by atoms with Gasteiger partial charge in [-0.05, 0) is 12.5 Å². The summed E-state index contributed by atoms with van der Waals surface area (Å²) in [6.07, 6.45) is 3.13. The van der Waals surface area contributed by atoms with Gasteiger partial charge in [0.15, 0.2) is 0 Å². The number of nitrogens with zero attached hydrogens (tertiary/aromatic N) is 2. The lowest BCUT2D eigenvalue weighted by Gasteiger charge is -2.16. The van der Waals surface area contributed by atoms with Gasteiger partial charge in [-0.1, -0.05) is 30.3 Å². The number of carbonyl (C=O) groups is 1. The number of hydrogen-bond donors (Lipinski definition) is 2. The maximum atomic E-state index is 11.5. The number of nitrogens with one attached hydrogen (secondary N) is 1. The molecule has 0 saturated heterocycles. The van der Waals surface area contributed by atoms with Crippen LogP contribution < -0.4 is 11.3 Å². The predicted molar refractivity (Wildman–Crippen MR) is 64.1 cm³/mol. The molecule has 0 aliphatic rings. The van der Waals surface area contributed by atoms with E-state index in [1.165, 1.54) is 6.20 Å². The molecule has 3 N–H and O–H groups in total. The Hall–Kier alpha value is -2.14. The minimum atomic E-state index is -0.342. The fourth-order valence-corrected chi connectivity index (χ4v) is 1.76. The van der Waals surface area contributed by atoms with E-state index in [4.69, 9.17) is 5.84 Å². The minimum Gasteiger partial charge on any atom is -0.319 e. The summed E-state index contributed by atoms with van der Waals surface area (Å²) >= 11 is 0. The highest BCUT2D eigenvalue weighted by atomic mass is 16.2. The second-order valence-corrected chi connectivity index (χ2v) is 3.75. The van der Waals surface area contributed by atoms with Gasteiger partial charge in [-0.2, -0.15) is 0 Å². The van der Waals surface area contributed by atoms with E-state index in [2.05, 4.69) is 10.4 Å². The van der Waals surface area contributed by atoms with Crippen LogP contribution in [0.1, 0.15) is 29.0 Å². The zero-order valence-corrected chi connectivity index (χ0v) is 9.50. The summed E-state index contributed by atoms with van der Waals surface area (Å²) in [4.78, 5) is 15.5. The van der Waals surface area contributed by atoms with Crippen LogP contribution in [-0.2, 0) is 0 Å². The minimum absolute atomic E-state index is 0.0333. The van der Waals surface area contributed by atoms with Crippen LogP contribution in [-0.4, -0.2) is 15.5 Å². The van der Waals surface area contributed by atoms with Gasteiger partial charge < -0.3 is 4.57 Å². The second-order valence-electron chi connectivity index (χ2n) is 3.75. The summed E-state index contributed by atoms with van der Waals surface area (Å²) in [5.41, 5.74) is 3.67. The van der Waals surface area contributed by atoms with Crippen LogP contribution in [0.2, 0.25) is 0 Å². The number of amides is 1. The normalized spacial score (nSPS) is 12.1. The summed E-state index contributed by atoms with van der Waals surface area (Å²) in [6, 6.07) is 9.93. The molecule has 0 unspecified atom stereocenters. The van der Waals surface area contributed by atoms with Crippen molar-refractivity contribution in [1.29, 1.82) is 0 Å². The smallest absolute Gasteiger partial charge is 0.283 e. The quantitative estimate of drug-likeness (QED) is 0.471. The van der Waals surface area contributed by atoms with E-state index in [0.29, 0.717) is 5.69 Å². The van der Waals surface area contributed by atoms with Crippen LogP contribution in [0.5, 0.6) is 0 Å². The molecule has 0 aliphatic carbocycles. The van der Waals surface area contributed by atoms with E-state index in [1.54, 1.807) is 10.9 Å². The lowest BCUT2D eigenvalue weighted by Crippen LogP contribution is -2.32. The molecule has 0 saturated carbocycles. The van der Waals surface area contributed by atoms with Crippen molar-refractivity contribution in [2.45, 2.75) is 13.0 Å². The molecule has 2 aromatic rings. The average molecular weight is 230 g/mol. The molecule has 1 aromatic carbocycles. The highest BCUT2D eigenvalue weighted by molar-refractivity contribution is 5.91. The van der Waals surface area contributed by atoms with E-state index in [1.807, 2.05) is 37.3 Å². The Labute approximate surface area is 99.2 Å². The molecule has 0 spiro atoms. The Morgan fingerprint density at radius 1 is 1.41 bits per heavy atom. The highest BCUT2D eigenvalue weighted by Gasteiger charge is 2.15. The largest absolute Gasteiger partial charge is 0.319 e. The second kappa shape index (κ2) is 4.80. The highest BCUT2D eigenvalue weighted by Crippen LogP contribution is 2.18. The van der Waals surface area contributed by atoms with Gasteiger partial charge in [-0.15, -0.1) is 0 Å². The van der Waals surface area contributed by atoms with E-state index >= 15 is 0 Å². The molecule has 88 valence electrons. The van der Waals surface area contributed by atoms with Gasteiger partial charge in [0.2, 0.25) is 0 Å². The van der Waals surface area contributed by atoms with Gasteiger partial charge in [-0.3, -0.25) is 10.2 Å². The molecule has 5 heteroatoms. The average Bonchev–Trinajstić information content (AvgIpc) is 2.87. The molecular formula is C12H14N4O. The molecule has 1 aromatic heterocycles. The fraction of sp³-hybridized carbons (Fsp3) is 0.167. The third kappa shape index (κ3) is 2.19. The maximum Gasteiger partial charge on any atom is 0.283 e. The van der Waals surface area contributed by atoms with E-state index < -0.39 is 0 Å². The van der Waals surface area contributed by atoms with Gasteiger partial charge in [-0.25, -0.2) is 10.8 Å². The number of hydrogen-bond acceptors (Lipinski definition) is 3. The van der Waals surface area contributed by atoms with Crippen molar-refractivity contribution in [2.75, 3.05) is 0 Å². The third-order valence-electron chi connectivity index (χ3n) is 2.73. The maximum absolute atomic E-state index is 11.5. The van der Waals surface area contributed by atoms with Crippen LogP contribution in [0.15, 0.2) is 42.9 Å². The summed E-state index contributed by atoms with van der Waals surface area (Å²) in [5, 5.41) is 0. The van der Waals surface area contributed by atoms with Crippen molar-refractivity contribution in [3.05, 3.63) is 54.1 Å². The van der Waals surface area contributed by atoms with Gasteiger partial charge in [0.25, 0.3) is 5.91 Å². The standard InChI is InChI=1S/C12H14N4O/c1-9(10-5-3-2-4-6-10)16-8-14-7-11(16)12(17)15-13/h2-9H,13H2,1H3,(H,15,17)/t9-/m1/s1. The monoisotopic (exact) mass is 230 g/mol. The Bertz CT molecular complexity index is 506. The van der Waals surface area contributed by atoms with Gasteiger partial charge in [0, 0.05) is 0 Å². The zero-order chi connectivity index (χ0) is 12.3. The first kappa shape index (κ1) is 11.3. The number of nitrogen functional groups attached to an aromatic ring is 1. The summed E-state index contributed by atoms with van der Waals surface area (Å²) < 4.78 is 1.79. The third-order valence-corrected chi connectivity index (χ3v) is 2.73. The van der Waals surface area contributed by atoms with Crippen molar-refractivity contribution in [1.82, 2.24) is 15.0 Å². The molecule has 0 bridgehead atoms. The molecule has 17 heavy (non-hydrogen) atoms. The van der Waals surface area contributed by atoms with Crippen molar-refractivity contribution >= 4 is 5.91 Å². The van der Waals surface area contributed by atoms with Crippen molar-refractivity contribution in [3.63, 3.8) is 0 Å². The first-order valence-electron chi connectivity index (χ1n) is 5.31. The molecule has 1 heterocycles. The molecule has 0 aliphatic heterocycles. The number of hydrazine groups is 1. The van der Waals surface area contributed by atoms with Crippen LogP contribution in [0.25, 0.3) is 0 Å². The molecule has 5 nitrogen and oxygen atoms in total. The number of carbonyl (C=O) groups excluding carboxylic acids is 1. The van der Waals surface area contributed by atoms with Crippen LogP contribution in [0.3, 0.4) is 0 Å². The van der Waals surface area contributed by atoms with Gasteiger partial charge >= 0.3 is 0 Å². The Balaban J connectivity index is 2.35. The van der Waals surface area contributed by atoms with Crippen LogP contribution in [0, 0.1) is 0 Å². The predicted octanol–water partition coefficient (Wildman–Crippen LogP) is 1.10. The van der Waals surface area contributed by atoms with E-state index in [0.717, 1.165) is 5.56 Å². The summed E-state index contributed by atoms with van der Waals surface area (Å²) in [5.74, 6) is 4.79. The number of aromatic nitrogens is 2. The first-order valence-corrected chi connectivity index (χ1v) is 5.31. The molecule has 0 radical (unpaired) electrons. The topological polar surface area (TPSA) is 72.9 Å². The molecule has 1 atom stereocenters. The Morgan fingerprint density at radius 3 is 2.76 bits per heavy atom. The van der Waals surface area contributed by atoms with Crippen LogP contribution >= 0.6 is 0 Å². The zero-order valence-electron chi connectivity index (χ0n) is 9.50. The fourth-order valence-electron chi connectivity index (χ4n) is 1.76. The van der Waals surface area contributed by atoms with E-state index in [9.17, 15) is 4.79 Å². The lowest BCUT2D eigenvalue weighted by molar-refractivity contribution is 0.0943. The molecule has 0 fully saturated rings. The first-order chi connectivity index (χ1) is 8.24. The SMILES string of the molecule is C[C@H](c1ccccc1)n1cncc1C(=O)NN. The number of nitrogens with two attached hydrogens (primary N) is 1. The van der Waals surface area contributed by atoms with Crippen LogP contribution in [0.4, 0.5) is 0 Å². The van der Waals surface area contributed by atoms with Crippen molar-refractivity contribution in [2.24, 2.45) is 5.84 Å².